The largest absolute Gasteiger partial charge is 0.392 e. The number of aliphatic hydroxyl groups excluding tert-OH is 1. The summed E-state index contributed by atoms with van der Waals surface area (Å²) in [7, 11) is 0. The number of hydrogen-bond acceptors (Lipinski definition) is 5. The number of aliphatic hydroxyl groups is 1. The maximum atomic E-state index is 9.00. The lowest BCUT2D eigenvalue weighted by atomic mass is 10.1. The molecule has 0 aliphatic heterocycles. The maximum absolute atomic E-state index is 9.00. The molecule has 19 heavy (non-hydrogen) atoms. The summed E-state index contributed by atoms with van der Waals surface area (Å²) in [6.45, 7) is 0.783. The van der Waals surface area contributed by atoms with Crippen LogP contribution in [-0.2, 0) is 13.2 Å². The Labute approximate surface area is 114 Å². The van der Waals surface area contributed by atoms with E-state index in [1.54, 1.807) is 17.7 Å². The first kappa shape index (κ1) is 12.1. The SMILES string of the molecule is OCc1ccc(CNc2ncnc3ccsc23)cc1. The highest BCUT2D eigenvalue weighted by Crippen LogP contribution is 2.25. The molecule has 0 unspecified atom stereocenters. The zero-order valence-corrected chi connectivity index (χ0v) is 11.0. The first-order chi connectivity index (χ1) is 9.36. The fourth-order valence-electron chi connectivity index (χ4n) is 1.86. The Bertz CT molecular complexity index is 678. The first-order valence-corrected chi connectivity index (χ1v) is 6.85. The van der Waals surface area contributed by atoms with Crippen LogP contribution in [0.4, 0.5) is 5.82 Å². The van der Waals surface area contributed by atoms with Crippen molar-refractivity contribution in [3.05, 3.63) is 53.2 Å². The molecule has 0 fully saturated rings. The van der Waals surface area contributed by atoms with Crippen molar-refractivity contribution in [1.29, 1.82) is 0 Å². The predicted octanol–water partition coefficient (Wildman–Crippen LogP) is 2.80. The van der Waals surface area contributed by atoms with Gasteiger partial charge in [-0.1, -0.05) is 24.3 Å². The van der Waals surface area contributed by atoms with Crippen LogP contribution in [0, 0.1) is 0 Å². The summed E-state index contributed by atoms with van der Waals surface area (Å²) in [5.41, 5.74) is 3.05. The van der Waals surface area contributed by atoms with E-state index in [4.69, 9.17) is 5.11 Å². The predicted molar refractivity (Wildman–Crippen MR) is 77.1 cm³/mol. The fourth-order valence-corrected chi connectivity index (χ4v) is 2.67. The minimum absolute atomic E-state index is 0.0788. The van der Waals surface area contributed by atoms with E-state index in [1.807, 2.05) is 35.7 Å². The number of nitrogens with one attached hydrogen (secondary N) is 1. The van der Waals surface area contributed by atoms with E-state index in [9.17, 15) is 0 Å². The van der Waals surface area contributed by atoms with Crippen molar-refractivity contribution >= 4 is 27.4 Å². The molecule has 5 heteroatoms. The number of fused-ring (bicyclic) bond motifs is 1. The summed E-state index contributed by atoms with van der Waals surface area (Å²) in [6.07, 6.45) is 1.58. The molecule has 2 aromatic heterocycles. The monoisotopic (exact) mass is 271 g/mol. The fraction of sp³-hybridized carbons (Fsp3) is 0.143. The number of benzene rings is 1. The minimum atomic E-state index is 0.0788. The van der Waals surface area contributed by atoms with Gasteiger partial charge >= 0.3 is 0 Å². The van der Waals surface area contributed by atoms with Gasteiger partial charge in [-0.05, 0) is 22.6 Å². The molecule has 0 amide bonds. The van der Waals surface area contributed by atoms with E-state index in [2.05, 4.69) is 15.3 Å². The smallest absolute Gasteiger partial charge is 0.147 e. The highest BCUT2D eigenvalue weighted by molar-refractivity contribution is 7.17. The second kappa shape index (κ2) is 5.34. The summed E-state index contributed by atoms with van der Waals surface area (Å²) >= 11 is 1.63. The molecule has 0 bridgehead atoms. The average molecular weight is 271 g/mol. The van der Waals surface area contributed by atoms with Gasteiger partial charge in [-0.15, -0.1) is 11.3 Å². The van der Waals surface area contributed by atoms with Crippen LogP contribution in [0.3, 0.4) is 0 Å². The van der Waals surface area contributed by atoms with Crippen LogP contribution in [0.2, 0.25) is 0 Å². The van der Waals surface area contributed by atoms with Crippen LogP contribution in [0.5, 0.6) is 0 Å². The molecule has 4 nitrogen and oxygen atoms in total. The lowest BCUT2D eigenvalue weighted by Gasteiger charge is -2.06. The van der Waals surface area contributed by atoms with Crippen LogP contribution in [0.15, 0.2) is 42.0 Å². The molecule has 0 aliphatic carbocycles. The number of anilines is 1. The Morgan fingerprint density at radius 1 is 1.05 bits per heavy atom. The molecular weight excluding hydrogens is 258 g/mol. The van der Waals surface area contributed by atoms with Crippen LogP contribution in [0.25, 0.3) is 10.2 Å². The van der Waals surface area contributed by atoms with E-state index >= 15 is 0 Å². The van der Waals surface area contributed by atoms with Gasteiger partial charge in [0.2, 0.25) is 0 Å². The molecular formula is C14H13N3OS. The highest BCUT2D eigenvalue weighted by atomic mass is 32.1. The summed E-state index contributed by atoms with van der Waals surface area (Å²) in [4.78, 5) is 8.49. The Balaban J connectivity index is 1.76. The van der Waals surface area contributed by atoms with Crippen molar-refractivity contribution in [3.63, 3.8) is 0 Å². The van der Waals surface area contributed by atoms with Gasteiger partial charge in [-0.3, -0.25) is 0 Å². The van der Waals surface area contributed by atoms with Gasteiger partial charge in [-0.25, -0.2) is 9.97 Å². The van der Waals surface area contributed by atoms with Gasteiger partial charge in [0.15, 0.2) is 0 Å². The maximum Gasteiger partial charge on any atom is 0.147 e. The van der Waals surface area contributed by atoms with Crippen LogP contribution in [0.1, 0.15) is 11.1 Å². The molecule has 0 atom stereocenters. The second-order valence-corrected chi connectivity index (χ2v) is 5.10. The van der Waals surface area contributed by atoms with Crippen LogP contribution < -0.4 is 5.32 Å². The van der Waals surface area contributed by atoms with Crippen molar-refractivity contribution in [2.45, 2.75) is 13.2 Å². The summed E-state index contributed by atoms with van der Waals surface area (Å²) in [6, 6.07) is 9.86. The molecule has 2 N–H and O–H groups in total. The molecule has 0 spiro atoms. The quantitative estimate of drug-likeness (QED) is 0.766. The molecule has 0 aliphatic rings. The third-order valence-electron chi connectivity index (χ3n) is 2.91. The molecule has 0 saturated heterocycles. The number of aromatic nitrogens is 2. The summed E-state index contributed by atoms with van der Waals surface area (Å²) in [5.74, 6) is 0.867. The van der Waals surface area contributed by atoms with E-state index < -0.39 is 0 Å². The Morgan fingerprint density at radius 2 is 1.84 bits per heavy atom. The first-order valence-electron chi connectivity index (χ1n) is 5.97. The normalized spacial score (nSPS) is 10.8. The average Bonchev–Trinajstić information content (AvgIpc) is 2.94. The van der Waals surface area contributed by atoms with E-state index in [0.29, 0.717) is 6.54 Å². The highest BCUT2D eigenvalue weighted by Gasteiger charge is 2.04. The van der Waals surface area contributed by atoms with Crippen molar-refractivity contribution in [3.8, 4) is 0 Å². The molecule has 3 aromatic rings. The van der Waals surface area contributed by atoms with Gasteiger partial charge in [0.1, 0.15) is 12.1 Å². The third-order valence-corrected chi connectivity index (χ3v) is 3.82. The number of hydrogen-bond donors (Lipinski definition) is 2. The van der Waals surface area contributed by atoms with Crippen molar-refractivity contribution in [2.24, 2.45) is 0 Å². The van der Waals surface area contributed by atoms with E-state index in [-0.39, 0.29) is 6.61 Å². The number of thiophene rings is 1. The molecule has 0 radical (unpaired) electrons. The lowest BCUT2D eigenvalue weighted by Crippen LogP contribution is -2.01. The van der Waals surface area contributed by atoms with Crippen molar-refractivity contribution in [1.82, 2.24) is 9.97 Å². The molecule has 1 aromatic carbocycles. The van der Waals surface area contributed by atoms with E-state index in [0.717, 1.165) is 27.2 Å². The number of rotatable bonds is 4. The van der Waals surface area contributed by atoms with Gasteiger partial charge in [0.05, 0.1) is 16.8 Å². The molecule has 3 rings (SSSR count). The van der Waals surface area contributed by atoms with Crippen molar-refractivity contribution in [2.75, 3.05) is 5.32 Å². The van der Waals surface area contributed by atoms with Crippen molar-refractivity contribution < 1.29 is 5.11 Å². The Hall–Kier alpha value is -1.98. The number of nitrogens with zero attached hydrogens (tertiary/aromatic N) is 2. The van der Waals surface area contributed by atoms with Gasteiger partial charge in [0.25, 0.3) is 0 Å². The standard InChI is InChI=1S/C14H13N3OS/c18-8-11-3-1-10(2-4-11)7-15-14-13-12(5-6-19-13)16-9-17-14/h1-6,9,18H,7-8H2,(H,15,16,17). The minimum Gasteiger partial charge on any atom is -0.392 e. The molecule has 96 valence electrons. The third kappa shape index (κ3) is 2.57. The topological polar surface area (TPSA) is 58.0 Å². The zero-order chi connectivity index (χ0) is 13.1. The summed E-state index contributed by atoms with van der Waals surface area (Å²) in [5, 5.41) is 14.3. The summed E-state index contributed by atoms with van der Waals surface area (Å²) < 4.78 is 1.08. The van der Waals surface area contributed by atoms with Gasteiger partial charge < -0.3 is 10.4 Å². The lowest BCUT2D eigenvalue weighted by molar-refractivity contribution is 0.282. The van der Waals surface area contributed by atoms with Gasteiger partial charge in [0, 0.05) is 6.54 Å². The van der Waals surface area contributed by atoms with E-state index in [1.165, 1.54) is 0 Å². The molecule has 0 saturated carbocycles. The van der Waals surface area contributed by atoms with Crippen LogP contribution >= 0.6 is 11.3 Å². The van der Waals surface area contributed by atoms with Crippen LogP contribution in [-0.4, -0.2) is 15.1 Å². The molecule has 2 heterocycles. The van der Waals surface area contributed by atoms with Gasteiger partial charge in [-0.2, -0.15) is 0 Å². The zero-order valence-electron chi connectivity index (χ0n) is 10.2. The second-order valence-electron chi connectivity index (χ2n) is 4.19. The Kier molecular flexibility index (Phi) is 3.39. The Morgan fingerprint density at radius 3 is 2.63 bits per heavy atom.